The molecular weight excluding hydrogens is 324 g/mol. The number of carbonyl (C=O) groups is 1. The van der Waals surface area contributed by atoms with Gasteiger partial charge in [0.2, 0.25) is 0 Å². The monoisotopic (exact) mass is 344 g/mol. The fraction of sp³-hybridized carbons (Fsp3) is 0.333. The van der Waals surface area contributed by atoms with E-state index in [1.165, 1.54) is 0 Å². The molecule has 0 bridgehead atoms. The summed E-state index contributed by atoms with van der Waals surface area (Å²) in [6.07, 6.45) is 3.32. The van der Waals surface area contributed by atoms with Gasteiger partial charge in [-0.15, -0.1) is 0 Å². The summed E-state index contributed by atoms with van der Waals surface area (Å²) in [6.45, 7) is 6.55. The molecule has 1 fully saturated rings. The summed E-state index contributed by atoms with van der Waals surface area (Å²) in [5.41, 5.74) is 2.24. The summed E-state index contributed by atoms with van der Waals surface area (Å²) in [5.74, 6) is 0.0352. The van der Waals surface area contributed by atoms with Gasteiger partial charge < -0.3 is 15.1 Å². The van der Waals surface area contributed by atoms with Gasteiger partial charge in [-0.25, -0.2) is 0 Å². The topological polar surface area (TPSA) is 48.5 Å². The molecule has 0 saturated carbocycles. The third kappa shape index (κ3) is 4.04. The molecular formula is C18H21ClN4O. The number of anilines is 2. The Morgan fingerprint density at radius 1 is 1.17 bits per heavy atom. The summed E-state index contributed by atoms with van der Waals surface area (Å²) >= 11 is 6.00. The van der Waals surface area contributed by atoms with Crippen molar-refractivity contribution in [2.24, 2.45) is 0 Å². The number of hydrogen-bond donors (Lipinski definition) is 1. The minimum Gasteiger partial charge on any atom is -0.354 e. The highest BCUT2D eigenvalue weighted by atomic mass is 35.5. The molecule has 0 unspecified atom stereocenters. The van der Waals surface area contributed by atoms with Crippen LogP contribution in [0.2, 0.25) is 5.02 Å². The van der Waals surface area contributed by atoms with Gasteiger partial charge in [0.05, 0.1) is 17.4 Å². The van der Waals surface area contributed by atoms with E-state index in [-0.39, 0.29) is 5.91 Å². The quantitative estimate of drug-likeness (QED) is 0.925. The summed E-state index contributed by atoms with van der Waals surface area (Å²) in [5, 5.41) is 3.89. The standard InChI is InChI=1S/C18H21ClN4O/c1-2-22-6-8-23(9-7-22)18(24)14-10-17(13-20-12-14)21-16-5-3-4-15(19)11-16/h3-5,10-13,21H,2,6-9H2,1H3. The van der Waals surface area contributed by atoms with Crippen LogP contribution in [0.15, 0.2) is 42.7 Å². The molecule has 6 heteroatoms. The highest BCUT2D eigenvalue weighted by Crippen LogP contribution is 2.20. The molecule has 126 valence electrons. The zero-order valence-corrected chi connectivity index (χ0v) is 14.5. The Morgan fingerprint density at radius 3 is 2.67 bits per heavy atom. The normalized spacial score (nSPS) is 15.3. The average molecular weight is 345 g/mol. The van der Waals surface area contributed by atoms with Gasteiger partial charge in [0.25, 0.3) is 5.91 Å². The van der Waals surface area contributed by atoms with Crippen LogP contribution in [-0.2, 0) is 0 Å². The minimum atomic E-state index is 0.0352. The van der Waals surface area contributed by atoms with Gasteiger partial charge in [0.15, 0.2) is 0 Å². The first-order chi connectivity index (χ1) is 11.7. The Labute approximate surface area is 147 Å². The van der Waals surface area contributed by atoms with Crippen LogP contribution in [0.1, 0.15) is 17.3 Å². The van der Waals surface area contributed by atoms with Gasteiger partial charge in [-0.1, -0.05) is 24.6 Å². The molecule has 2 aromatic rings. The maximum absolute atomic E-state index is 12.7. The van der Waals surface area contributed by atoms with Crippen LogP contribution in [0.5, 0.6) is 0 Å². The molecule has 24 heavy (non-hydrogen) atoms. The Morgan fingerprint density at radius 2 is 1.96 bits per heavy atom. The smallest absolute Gasteiger partial charge is 0.255 e. The molecule has 0 atom stereocenters. The number of pyridine rings is 1. The van der Waals surface area contributed by atoms with Crippen LogP contribution in [0.25, 0.3) is 0 Å². The van der Waals surface area contributed by atoms with Crippen molar-refractivity contribution < 1.29 is 4.79 Å². The molecule has 1 aromatic carbocycles. The Balaban J connectivity index is 1.69. The Kier molecular flexibility index (Phi) is 5.33. The van der Waals surface area contributed by atoms with E-state index in [2.05, 4.69) is 22.1 Å². The van der Waals surface area contributed by atoms with E-state index in [1.807, 2.05) is 35.2 Å². The van der Waals surface area contributed by atoms with Crippen molar-refractivity contribution in [3.63, 3.8) is 0 Å². The number of nitrogens with one attached hydrogen (secondary N) is 1. The number of amides is 1. The maximum Gasteiger partial charge on any atom is 0.255 e. The maximum atomic E-state index is 12.7. The van der Waals surface area contributed by atoms with E-state index < -0.39 is 0 Å². The molecule has 1 aromatic heterocycles. The van der Waals surface area contributed by atoms with E-state index in [9.17, 15) is 4.79 Å². The number of halogens is 1. The third-order valence-corrected chi connectivity index (χ3v) is 4.44. The first-order valence-electron chi connectivity index (χ1n) is 8.15. The molecule has 0 radical (unpaired) electrons. The molecule has 1 saturated heterocycles. The predicted octanol–water partition coefficient (Wildman–Crippen LogP) is 3.26. The SMILES string of the molecule is CCN1CCN(C(=O)c2cncc(Nc3cccc(Cl)c3)c2)CC1. The molecule has 1 N–H and O–H groups in total. The minimum absolute atomic E-state index is 0.0352. The number of carbonyl (C=O) groups excluding carboxylic acids is 1. The van der Waals surface area contributed by atoms with Crippen LogP contribution in [0.3, 0.4) is 0 Å². The number of likely N-dealkylation sites (N-methyl/N-ethyl adjacent to an activating group) is 1. The molecule has 0 spiro atoms. The van der Waals surface area contributed by atoms with Crippen LogP contribution >= 0.6 is 11.6 Å². The van der Waals surface area contributed by atoms with E-state index in [1.54, 1.807) is 12.4 Å². The second kappa shape index (κ2) is 7.64. The number of benzene rings is 1. The van der Waals surface area contributed by atoms with Crippen molar-refractivity contribution in [2.75, 3.05) is 38.0 Å². The molecule has 5 nitrogen and oxygen atoms in total. The van der Waals surface area contributed by atoms with Crippen molar-refractivity contribution in [3.05, 3.63) is 53.3 Å². The summed E-state index contributed by atoms with van der Waals surface area (Å²) < 4.78 is 0. The lowest BCUT2D eigenvalue weighted by molar-refractivity contribution is 0.0643. The molecule has 0 aliphatic carbocycles. The second-order valence-electron chi connectivity index (χ2n) is 5.82. The van der Waals surface area contributed by atoms with Crippen LogP contribution in [0.4, 0.5) is 11.4 Å². The second-order valence-corrected chi connectivity index (χ2v) is 6.26. The van der Waals surface area contributed by atoms with Crippen LogP contribution in [0, 0.1) is 0 Å². The van der Waals surface area contributed by atoms with Crippen molar-refractivity contribution in [1.82, 2.24) is 14.8 Å². The number of rotatable bonds is 4. The highest BCUT2D eigenvalue weighted by Gasteiger charge is 2.21. The number of piperazine rings is 1. The zero-order valence-electron chi connectivity index (χ0n) is 13.7. The van der Waals surface area contributed by atoms with Gasteiger partial charge in [0.1, 0.15) is 0 Å². The summed E-state index contributed by atoms with van der Waals surface area (Å²) in [6, 6.07) is 9.29. The Bertz CT molecular complexity index is 714. The van der Waals surface area contributed by atoms with Crippen LogP contribution in [-0.4, -0.2) is 53.4 Å². The Hall–Kier alpha value is -2.11. The van der Waals surface area contributed by atoms with Crippen LogP contribution < -0.4 is 5.32 Å². The van der Waals surface area contributed by atoms with Crippen molar-refractivity contribution in [2.45, 2.75) is 6.92 Å². The zero-order chi connectivity index (χ0) is 16.9. The first kappa shape index (κ1) is 16.7. The fourth-order valence-electron chi connectivity index (χ4n) is 2.81. The van der Waals surface area contributed by atoms with Gasteiger partial charge >= 0.3 is 0 Å². The van der Waals surface area contributed by atoms with Crippen molar-refractivity contribution >= 4 is 28.9 Å². The summed E-state index contributed by atoms with van der Waals surface area (Å²) in [7, 11) is 0. The molecule has 1 amide bonds. The molecule has 1 aliphatic heterocycles. The number of aromatic nitrogens is 1. The third-order valence-electron chi connectivity index (χ3n) is 4.21. The highest BCUT2D eigenvalue weighted by molar-refractivity contribution is 6.30. The molecule has 3 rings (SSSR count). The lowest BCUT2D eigenvalue weighted by atomic mass is 10.2. The predicted molar refractivity (Wildman–Crippen MR) is 97.0 cm³/mol. The average Bonchev–Trinajstić information content (AvgIpc) is 2.61. The van der Waals surface area contributed by atoms with Gasteiger partial charge in [-0.2, -0.15) is 0 Å². The van der Waals surface area contributed by atoms with E-state index in [0.717, 1.165) is 44.1 Å². The first-order valence-corrected chi connectivity index (χ1v) is 8.53. The molecule has 1 aliphatic rings. The van der Waals surface area contributed by atoms with Gasteiger partial charge in [-0.05, 0) is 30.8 Å². The van der Waals surface area contributed by atoms with Gasteiger partial charge in [0, 0.05) is 43.1 Å². The largest absolute Gasteiger partial charge is 0.354 e. The van der Waals surface area contributed by atoms with E-state index in [4.69, 9.17) is 11.6 Å². The fourth-order valence-corrected chi connectivity index (χ4v) is 3.00. The van der Waals surface area contributed by atoms with Crippen molar-refractivity contribution in [1.29, 1.82) is 0 Å². The lowest BCUT2D eigenvalue weighted by Gasteiger charge is -2.34. The lowest BCUT2D eigenvalue weighted by Crippen LogP contribution is -2.48. The van der Waals surface area contributed by atoms with Gasteiger partial charge in [-0.3, -0.25) is 9.78 Å². The van der Waals surface area contributed by atoms with E-state index in [0.29, 0.717) is 10.6 Å². The molecule has 2 heterocycles. The number of hydrogen-bond acceptors (Lipinski definition) is 4. The van der Waals surface area contributed by atoms with E-state index >= 15 is 0 Å². The van der Waals surface area contributed by atoms with Crippen molar-refractivity contribution in [3.8, 4) is 0 Å². The summed E-state index contributed by atoms with van der Waals surface area (Å²) in [4.78, 5) is 21.1. The number of nitrogens with zero attached hydrogens (tertiary/aromatic N) is 3.